The van der Waals surface area contributed by atoms with Crippen LogP contribution in [0.25, 0.3) is 11.1 Å². The minimum Gasteiger partial charge on any atom is -0.393 e. The molecule has 0 spiro atoms. The summed E-state index contributed by atoms with van der Waals surface area (Å²) in [6.07, 6.45) is 1.07. The van der Waals surface area contributed by atoms with Gasteiger partial charge in [0.2, 0.25) is 0 Å². The van der Waals surface area contributed by atoms with Crippen LogP contribution in [0.5, 0.6) is 0 Å². The minimum atomic E-state index is -0.249. The number of rotatable bonds is 3. The average Bonchev–Trinajstić information content (AvgIpc) is 2.47. The Morgan fingerprint density at radius 1 is 0.950 bits per heavy atom. The average molecular weight is 267 g/mol. The molecule has 1 saturated carbocycles. The second-order valence-electron chi connectivity index (χ2n) is 5.24. The molecule has 2 N–H and O–H groups in total. The van der Waals surface area contributed by atoms with Gasteiger partial charge in [-0.1, -0.05) is 42.5 Å². The first-order chi connectivity index (χ1) is 9.72. The summed E-state index contributed by atoms with van der Waals surface area (Å²) in [7, 11) is 0. The van der Waals surface area contributed by atoms with Gasteiger partial charge in [0.1, 0.15) is 0 Å². The van der Waals surface area contributed by atoms with Crippen LogP contribution >= 0.6 is 0 Å². The Labute approximate surface area is 118 Å². The topological polar surface area (TPSA) is 49.3 Å². The van der Waals surface area contributed by atoms with Crippen LogP contribution in [0.2, 0.25) is 0 Å². The lowest BCUT2D eigenvalue weighted by Gasteiger charge is -2.31. The van der Waals surface area contributed by atoms with Crippen LogP contribution in [-0.2, 0) is 0 Å². The smallest absolute Gasteiger partial charge is 0.251 e. The van der Waals surface area contributed by atoms with E-state index >= 15 is 0 Å². The van der Waals surface area contributed by atoms with Crippen molar-refractivity contribution in [2.45, 2.75) is 25.0 Å². The van der Waals surface area contributed by atoms with E-state index in [1.54, 1.807) is 0 Å². The summed E-state index contributed by atoms with van der Waals surface area (Å²) in [5, 5.41) is 12.1. The molecule has 2 aromatic rings. The highest BCUT2D eigenvalue weighted by atomic mass is 16.3. The standard InChI is InChI=1S/C17H17NO2/c19-16-10-15(11-16)18-17(20)14-8-6-13(7-9-14)12-4-2-1-3-5-12/h1-9,15-16,19H,10-11H2,(H,18,20). The summed E-state index contributed by atoms with van der Waals surface area (Å²) in [4.78, 5) is 12.0. The van der Waals surface area contributed by atoms with E-state index in [1.165, 1.54) is 0 Å². The molecule has 3 heteroatoms. The second kappa shape index (κ2) is 5.47. The lowest BCUT2D eigenvalue weighted by Crippen LogP contribution is -2.46. The van der Waals surface area contributed by atoms with Crippen LogP contribution in [0, 0.1) is 0 Å². The molecule has 1 aliphatic rings. The number of hydrogen-bond acceptors (Lipinski definition) is 2. The molecule has 1 aliphatic carbocycles. The molecule has 0 heterocycles. The Bertz CT molecular complexity index is 586. The third kappa shape index (κ3) is 2.73. The van der Waals surface area contributed by atoms with Crippen molar-refractivity contribution in [1.82, 2.24) is 5.32 Å². The van der Waals surface area contributed by atoms with Crippen LogP contribution in [0.3, 0.4) is 0 Å². The number of aliphatic hydroxyl groups excluding tert-OH is 1. The lowest BCUT2D eigenvalue weighted by atomic mass is 9.89. The number of carbonyl (C=O) groups is 1. The molecule has 2 aromatic carbocycles. The van der Waals surface area contributed by atoms with Gasteiger partial charge in [-0.05, 0) is 36.1 Å². The zero-order chi connectivity index (χ0) is 13.9. The largest absolute Gasteiger partial charge is 0.393 e. The van der Waals surface area contributed by atoms with Gasteiger partial charge in [-0.15, -0.1) is 0 Å². The van der Waals surface area contributed by atoms with E-state index in [1.807, 2.05) is 54.6 Å². The highest BCUT2D eigenvalue weighted by molar-refractivity contribution is 5.94. The van der Waals surface area contributed by atoms with E-state index in [9.17, 15) is 9.90 Å². The third-order valence-electron chi connectivity index (χ3n) is 3.70. The van der Waals surface area contributed by atoms with Crippen molar-refractivity contribution in [2.75, 3.05) is 0 Å². The molecule has 0 atom stereocenters. The van der Waals surface area contributed by atoms with E-state index in [0.717, 1.165) is 11.1 Å². The summed E-state index contributed by atoms with van der Waals surface area (Å²) in [5.74, 6) is -0.0680. The second-order valence-corrected chi connectivity index (χ2v) is 5.24. The Morgan fingerprint density at radius 3 is 2.15 bits per heavy atom. The predicted octanol–water partition coefficient (Wildman–Crippen LogP) is 2.61. The molecule has 0 bridgehead atoms. The Balaban J connectivity index is 1.68. The first-order valence-electron chi connectivity index (χ1n) is 6.87. The maximum Gasteiger partial charge on any atom is 0.251 e. The molecular weight excluding hydrogens is 250 g/mol. The zero-order valence-corrected chi connectivity index (χ0v) is 11.1. The van der Waals surface area contributed by atoms with Crippen molar-refractivity contribution in [1.29, 1.82) is 0 Å². The minimum absolute atomic E-state index is 0.0680. The van der Waals surface area contributed by atoms with Crippen LogP contribution < -0.4 is 5.32 Å². The number of carbonyl (C=O) groups excluding carboxylic acids is 1. The number of benzene rings is 2. The molecule has 0 unspecified atom stereocenters. The number of aliphatic hydroxyl groups is 1. The first kappa shape index (κ1) is 12.9. The highest BCUT2D eigenvalue weighted by Crippen LogP contribution is 2.21. The fraction of sp³-hybridized carbons (Fsp3) is 0.235. The van der Waals surface area contributed by atoms with Crippen LogP contribution in [0.1, 0.15) is 23.2 Å². The molecule has 0 radical (unpaired) electrons. The summed E-state index contributed by atoms with van der Waals surface area (Å²) in [5.41, 5.74) is 2.90. The Hall–Kier alpha value is -2.13. The first-order valence-corrected chi connectivity index (χ1v) is 6.87. The number of amides is 1. The van der Waals surface area contributed by atoms with Crippen LogP contribution in [0.15, 0.2) is 54.6 Å². The highest BCUT2D eigenvalue weighted by Gasteiger charge is 2.28. The molecule has 20 heavy (non-hydrogen) atoms. The van der Waals surface area contributed by atoms with E-state index in [2.05, 4.69) is 5.32 Å². The van der Waals surface area contributed by atoms with E-state index < -0.39 is 0 Å². The number of hydrogen-bond donors (Lipinski definition) is 2. The van der Waals surface area contributed by atoms with Gasteiger partial charge in [-0.3, -0.25) is 4.79 Å². The quantitative estimate of drug-likeness (QED) is 0.898. The van der Waals surface area contributed by atoms with E-state index in [-0.39, 0.29) is 18.1 Å². The van der Waals surface area contributed by atoms with E-state index in [0.29, 0.717) is 18.4 Å². The molecule has 3 nitrogen and oxygen atoms in total. The van der Waals surface area contributed by atoms with Gasteiger partial charge in [0.15, 0.2) is 0 Å². The molecule has 0 saturated heterocycles. The maximum atomic E-state index is 12.0. The molecule has 0 aromatic heterocycles. The fourth-order valence-corrected chi connectivity index (χ4v) is 2.42. The predicted molar refractivity (Wildman–Crippen MR) is 78.4 cm³/mol. The fourth-order valence-electron chi connectivity index (χ4n) is 2.42. The van der Waals surface area contributed by atoms with Crippen LogP contribution in [0.4, 0.5) is 0 Å². The van der Waals surface area contributed by atoms with Crippen LogP contribution in [-0.4, -0.2) is 23.2 Å². The monoisotopic (exact) mass is 267 g/mol. The lowest BCUT2D eigenvalue weighted by molar-refractivity contribution is 0.0562. The van der Waals surface area contributed by atoms with Crippen molar-refractivity contribution < 1.29 is 9.90 Å². The van der Waals surface area contributed by atoms with Crippen molar-refractivity contribution in [3.63, 3.8) is 0 Å². The van der Waals surface area contributed by atoms with Crippen molar-refractivity contribution in [3.05, 3.63) is 60.2 Å². The molecule has 1 fully saturated rings. The Morgan fingerprint density at radius 2 is 1.55 bits per heavy atom. The molecular formula is C17H17NO2. The summed E-state index contributed by atoms with van der Waals surface area (Å²) < 4.78 is 0. The molecule has 102 valence electrons. The zero-order valence-electron chi connectivity index (χ0n) is 11.1. The van der Waals surface area contributed by atoms with Crippen molar-refractivity contribution in [3.8, 4) is 11.1 Å². The van der Waals surface area contributed by atoms with Crippen molar-refractivity contribution in [2.24, 2.45) is 0 Å². The van der Waals surface area contributed by atoms with E-state index in [4.69, 9.17) is 0 Å². The maximum absolute atomic E-state index is 12.0. The molecule has 3 rings (SSSR count). The van der Waals surface area contributed by atoms with Gasteiger partial charge in [0.05, 0.1) is 6.10 Å². The summed E-state index contributed by atoms with van der Waals surface area (Å²) in [6, 6.07) is 17.8. The Kier molecular flexibility index (Phi) is 3.52. The van der Waals surface area contributed by atoms with Gasteiger partial charge in [0, 0.05) is 11.6 Å². The van der Waals surface area contributed by atoms with Gasteiger partial charge in [-0.2, -0.15) is 0 Å². The van der Waals surface area contributed by atoms with Gasteiger partial charge in [0.25, 0.3) is 5.91 Å². The normalized spacial score (nSPS) is 21.1. The number of nitrogens with one attached hydrogen (secondary N) is 1. The van der Waals surface area contributed by atoms with Gasteiger partial charge in [-0.25, -0.2) is 0 Å². The van der Waals surface area contributed by atoms with Gasteiger partial charge < -0.3 is 10.4 Å². The summed E-state index contributed by atoms with van der Waals surface area (Å²) in [6.45, 7) is 0. The summed E-state index contributed by atoms with van der Waals surface area (Å²) >= 11 is 0. The molecule has 0 aliphatic heterocycles. The molecule has 1 amide bonds. The van der Waals surface area contributed by atoms with Crippen molar-refractivity contribution >= 4 is 5.91 Å². The third-order valence-corrected chi connectivity index (χ3v) is 3.70. The SMILES string of the molecule is O=C(NC1CC(O)C1)c1ccc(-c2ccccc2)cc1. The van der Waals surface area contributed by atoms with Gasteiger partial charge >= 0.3 is 0 Å².